The lowest BCUT2D eigenvalue weighted by Crippen LogP contribution is -2.52. The molecule has 2 aliphatic rings. The van der Waals surface area contributed by atoms with Crippen molar-refractivity contribution in [3.8, 4) is 5.75 Å². The van der Waals surface area contributed by atoms with Crippen molar-refractivity contribution in [1.29, 1.82) is 0 Å². The SMILES string of the molecule is CC1(C)Oc2ccc(C(=O)Nc3ccc4c(c3)CCC4)cc2N(Cc2ccc(F)cc2)C1=O. The summed E-state index contributed by atoms with van der Waals surface area (Å²) >= 11 is 0. The van der Waals surface area contributed by atoms with Crippen molar-refractivity contribution in [1.82, 2.24) is 0 Å². The van der Waals surface area contributed by atoms with Crippen LogP contribution in [0, 0.1) is 5.82 Å². The molecule has 0 atom stereocenters. The first-order chi connectivity index (χ1) is 15.8. The molecule has 0 saturated carbocycles. The van der Waals surface area contributed by atoms with Crippen LogP contribution in [0.15, 0.2) is 60.7 Å². The second kappa shape index (κ2) is 8.03. The van der Waals surface area contributed by atoms with Gasteiger partial charge < -0.3 is 15.0 Å². The van der Waals surface area contributed by atoms with Gasteiger partial charge in [-0.2, -0.15) is 0 Å². The summed E-state index contributed by atoms with van der Waals surface area (Å²) in [5, 5.41) is 2.97. The van der Waals surface area contributed by atoms with Gasteiger partial charge in [0.1, 0.15) is 11.6 Å². The van der Waals surface area contributed by atoms with Crippen LogP contribution in [-0.2, 0) is 24.2 Å². The normalized spacial score (nSPS) is 16.1. The fourth-order valence-corrected chi connectivity index (χ4v) is 4.49. The topological polar surface area (TPSA) is 58.6 Å². The third-order valence-corrected chi connectivity index (χ3v) is 6.25. The van der Waals surface area contributed by atoms with E-state index in [1.165, 1.54) is 23.3 Å². The van der Waals surface area contributed by atoms with Gasteiger partial charge in [0.25, 0.3) is 11.8 Å². The number of aryl methyl sites for hydroxylation is 2. The van der Waals surface area contributed by atoms with Gasteiger partial charge in [0.2, 0.25) is 0 Å². The lowest BCUT2D eigenvalue weighted by molar-refractivity contribution is -0.132. The zero-order valence-electron chi connectivity index (χ0n) is 18.7. The van der Waals surface area contributed by atoms with Crippen LogP contribution in [0.25, 0.3) is 0 Å². The number of carbonyl (C=O) groups excluding carboxylic acids is 2. The molecule has 0 saturated heterocycles. The Morgan fingerprint density at radius 1 is 1.03 bits per heavy atom. The number of ether oxygens (including phenoxy) is 1. The minimum absolute atomic E-state index is 0.226. The number of hydrogen-bond acceptors (Lipinski definition) is 3. The van der Waals surface area contributed by atoms with E-state index < -0.39 is 5.60 Å². The second-order valence-corrected chi connectivity index (χ2v) is 9.10. The number of nitrogens with zero attached hydrogens (tertiary/aromatic N) is 1. The number of anilines is 2. The van der Waals surface area contributed by atoms with Crippen molar-refractivity contribution in [2.45, 2.75) is 45.3 Å². The monoisotopic (exact) mass is 444 g/mol. The number of hydrogen-bond donors (Lipinski definition) is 1. The van der Waals surface area contributed by atoms with Crippen molar-refractivity contribution < 1.29 is 18.7 Å². The van der Waals surface area contributed by atoms with Crippen molar-refractivity contribution in [3.63, 3.8) is 0 Å². The number of amides is 2. The molecule has 168 valence electrons. The summed E-state index contributed by atoms with van der Waals surface area (Å²) in [7, 11) is 0. The van der Waals surface area contributed by atoms with Crippen molar-refractivity contribution in [2.24, 2.45) is 0 Å². The van der Waals surface area contributed by atoms with Gasteiger partial charge in [-0.3, -0.25) is 9.59 Å². The summed E-state index contributed by atoms with van der Waals surface area (Å²) in [5.41, 5.74) is 4.05. The average molecular weight is 445 g/mol. The fraction of sp³-hybridized carbons (Fsp3) is 0.259. The van der Waals surface area contributed by atoms with Crippen LogP contribution in [0.4, 0.5) is 15.8 Å². The zero-order valence-corrected chi connectivity index (χ0v) is 18.7. The molecule has 0 spiro atoms. The smallest absolute Gasteiger partial charge is 0.271 e. The molecule has 0 bridgehead atoms. The van der Waals surface area contributed by atoms with Gasteiger partial charge >= 0.3 is 0 Å². The van der Waals surface area contributed by atoms with Gasteiger partial charge in [0, 0.05) is 11.3 Å². The Morgan fingerprint density at radius 2 is 1.79 bits per heavy atom. The van der Waals surface area contributed by atoms with Crippen molar-refractivity contribution in [3.05, 3.63) is 88.7 Å². The Kier molecular flexibility index (Phi) is 5.16. The number of fused-ring (bicyclic) bond motifs is 2. The molecule has 6 heteroatoms. The molecule has 1 heterocycles. The second-order valence-electron chi connectivity index (χ2n) is 9.10. The van der Waals surface area contributed by atoms with Gasteiger partial charge in [-0.25, -0.2) is 4.39 Å². The summed E-state index contributed by atoms with van der Waals surface area (Å²) in [4.78, 5) is 27.8. The predicted molar refractivity (Wildman–Crippen MR) is 125 cm³/mol. The molecule has 3 aromatic carbocycles. The lowest BCUT2D eigenvalue weighted by atomic mass is 10.0. The van der Waals surface area contributed by atoms with E-state index in [0.717, 1.165) is 30.5 Å². The van der Waals surface area contributed by atoms with Gasteiger partial charge in [-0.1, -0.05) is 18.2 Å². The molecule has 0 fully saturated rings. The molecule has 2 amide bonds. The Morgan fingerprint density at radius 3 is 2.58 bits per heavy atom. The summed E-state index contributed by atoms with van der Waals surface area (Å²) in [6.45, 7) is 3.67. The standard InChI is InChI=1S/C27H25FN2O3/c1-27(2)26(32)30(16-17-6-10-21(28)11-7-17)23-15-20(9-13-24(23)33-27)25(31)29-22-12-8-18-4-3-5-19(18)14-22/h6-15H,3-5,16H2,1-2H3,(H,29,31). The molecule has 5 nitrogen and oxygen atoms in total. The van der Waals surface area contributed by atoms with Crippen LogP contribution in [0.2, 0.25) is 0 Å². The number of halogens is 1. The van der Waals surface area contributed by atoms with E-state index in [1.54, 1.807) is 49.1 Å². The van der Waals surface area contributed by atoms with Crippen LogP contribution < -0.4 is 15.0 Å². The van der Waals surface area contributed by atoms with E-state index in [2.05, 4.69) is 11.4 Å². The predicted octanol–water partition coefficient (Wildman–Crippen LogP) is 5.27. The molecule has 1 aliphatic heterocycles. The Bertz CT molecular complexity index is 1250. The minimum Gasteiger partial charge on any atom is -0.476 e. The van der Waals surface area contributed by atoms with E-state index in [1.807, 2.05) is 12.1 Å². The number of benzene rings is 3. The van der Waals surface area contributed by atoms with Gasteiger partial charge in [-0.15, -0.1) is 0 Å². The highest BCUT2D eigenvalue weighted by molar-refractivity contribution is 6.07. The minimum atomic E-state index is -1.05. The van der Waals surface area contributed by atoms with Crippen molar-refractivity contribution in [2.75, 3.05) is 10.2 Å². The number of nitrogens with one attached hydrogen (secondary N) is 1. The summed E-state index contributed by atoms with van der Waals surface area (Å²) in [6, 6.07) is 17.2. The zero-order chi connectivity index (χ0) is 23.2. The highest BCUT2D eigenvalue weighted by atomic mass is 19.1. The summed E-state index contributed by atoms with van der Waals surface area (Å²) in [5.74, 6) is -0.292. The maximum absolute atomic E-state index is 13.4. The van der Waals surface area contributed by atoms with Crippen LogP contribution in [0.5, 0.6) is 5.75 Å². The molecule has 33 heavy (non-hydrogen) atoms. The van der Waals surface area contributed by atoms with E-state index in [-0.39, 0.29) is 24.2 Å². The fourth-order valence-electron chi connectivity index (χ4n) is 4.49. The highest BCUT2D eigenvalue weighted by Crippen LogP contribution is 2.39. The molecule has 0 aromatic heterocycles. The van der Waals surface area contributed by atoms with Gasteiger partial charge in [-0.05, 0) is 92.3 Å². The highest BCUT2D eigenvalue weighted by Gasteiger charge is 2.41. The molecule has 0 radical (unpaired) electrons. The molecular formula is C27H25FN2O3. The van der Waals surface area contributed by atoms with Crippen LogP contribution >= 0.6 is 0 Å². The largest absolute Gasteiger partial charge is 0.476 e. The maximum atomic E-state index is 13.4. The first kappa shape index (κ1) is 21.2. The third-order valence-electron chi connectivity index (χ3n) is 6.25. The Balaban J connectivity index is 1.44. The molecule has 3 aromatic rings. The van der Waals surface area contributed by atoms with E-state index >= 15 is 0 Å². The van der Waals surface area contributed by atoms with Crippen LogP contribution in [0.3, 0.4) is 0 Å². The average Bonchev–Trinajstić information content (AvgIpc) is 3.26. The summed E-state index contributed by atoms with van der Waals surface area (Å²) in [6.07, 6.45) is 3.26. The first-order valence-corrected chi connectivity index (χ1v) is 11.1. The Labute approximate surface area is 192 Å². The Hall–Kier alpha value is -3.67. The van der Waals surface area contributed by atoms with E-state index in [9.17, 15) is 14.0 Å². The molecule has 1 aliphatic carbocycles. The van der Waals surface area contributed by atoms with Crippen LogP contribution in [-0.4, -0.2) is 17.4 Å². The first-order valence-electron chi connectivity index (χ1n) is 11.1. The molecule has 1 N–H and O–H groups in total. The quantitative estimate of drug-likeness (QED) is 0.596. The van der Waals surface area contributed by atoms with Crippen molar-refractivity contribution >= 4 is 23.2 Å². The third kappa shape index (κ3) is 4.09. The van der Waals surface area contributed by atoms with E-state index in [4.69, 9.17) is 4.74 Å². The maximum Gasteiger partial charge on any atom is 0.271 e. The summed E-state index contributed by atoms with van der Waals surface area (Å²) < 4.78 is 19.3. The van der Waals surface area contributed by atoms with E-state index in [0.29, 0.717) is 17.0 Å². The van der Waals surface area contributed by atoms with Gasteiger partial charge in [0.05, 0.1) is 12.2 Å². The lowest BCUT2D eigenvalue weighted by Gasteiger charge is -2.39. The number of rotatable bonds is 4. The van der Waals surface area contributed by atoms with Gasteiger partial charge in [0.15, 0.2) is 5.60 Å². The molecule has 5 rings (SSSR count). The van der Waals surface area contributed by atoms with Crippen LogP contribution in [0.1, 0.15) is 47.3 Å². The molecular weight excluding hydrogens is 419 g/mol. The molecule has 0 unspecified atom stereocenters. The number of carbonyl (C=O) groups is 2.